The molecule has 10 aromatic rings. The first-order valence-electron chi connectivity index (χ1n) is 18.5. The average Bonchev–Trinajstić information content (AvgIpc) is 3.67. The molecule has 0 aliphatic carbocycles. The second-order valence-corrected chi connectivity index (χ2v) is 13.7. The molecule has 0 radical (unpaired) electrons. The van der Waals surface area contributed by atoms with Crippen molar-refractivity contribution in [1.82, 2.24) is 24.9 Å². The molecule has 3 aromatic heterocycles. The Balaban J connectivity index is 1.02. The zero-order valence-electron chi connectivity index (χ0n) is 30.4. The van der Waals surface area contributed by atoms with Crippen molar-refractivity contribution in [1.29, 1.82) is 5.26 Å². The lowest BCUT2D eigenvalue weighted by Gasteiger charge is -2.11. The van der Waals surface area contributed by atoms with E-state index in [4.69, 9.17) is 29.3 Å². The summed E-state index contributed by atoms with van der Waals surface area (Å²) >= 11 is 0. The third kappa shape index (κ3) is 6.58. The molecule has 0 unspecified atom stereocenters. The summed E-state index contributed by atoms with van der Waals surface area (Å²) in [6.45, 7) is 0. The lowest BCUT2D eigenvalue weighted by molar-refractivity contribution is 0.669. The molecular formula is C50H30N6O. The van der Waals surface area contributed by atoms with Gasteiger partial charge in [-0.1, -0.05) is 121 Å². The number of aromatic nitrogens is 5. The molecule has 0 atom stereocenters. The molecule has 3 heterocycles. The number of nitrogens with zero attached hydrogens (tertiary/aromatic N) is 6. The van der Waals surface area contributed by atoms with E-state index >= 15 is 0 Å². The van der Waals surface area contributed by atoms with Crippen LogP contribution in [0.4, 0.5) is 0 Å². The number of hydrogen-bond acceptors (Lipinski definition) is 7. The summed E-state index contributed by atoms with van der Waals surface area (Å²) in [5.74, 6) is 2.33. The molecule has 0 fully saturated rings. The van der Waals surface area contributed by atoms with E-state index < -0.39 is 0 Å². The summed E-state index contributed by atoms with van der Waals surface area (Å²) in [4.78, 5) is 24.8. The van der Waals surface area contributed by atoms with Crippen molar-refractivity contribution in [2.45, 2.75) is 0 Å². The van der Waals surface area contributed by atoms with E-state index in [1.807, 2.05) is 109 Å². The van der Waals surface area contributed by atoms with Crippen LogP contribution < -0.4 is 0 Å². The molecule has 0 N–H and O–H groups in total. The molecule has 0 saturated heterocycles. The van der Waals surface area contributed by atoms with Gasteiger partial charge in [-0.15, -0.1) is 0 Å². The van der Waals surface area contributed by atoms with Gasteiger partial charge in [0.25, 0.3) is 0 Å². The van der Waals surface area contributed by atoms with Gasteiger partial charge < -0.3 is 4.42 Å². The minimum absolute atomic E-state index is 0.537. The van der Waals surface area contributed by atoms with Gasteiger partial charge in [-0.25, -0.2) is 24.9 Å². The van der Waals surface area contributed by atoms with Crippen molar-refractivity contribution in [3.8, 4) is 85.3 Å². The SMILES string of the molecule is N#Cc1ccc(-c2nc(-c3ccccc3)nc(-c3cccc(-c4ccc(-c5cc(-c6ccc7oc8ccccc8c7c6)nc(-c6ccccc6)n5)cc4)c3)n2)cc1. The van der Waals surface area contributed by atoms with Crippen LogP contribution in [-0.2, 0) is 0 Å². The van der Waals surface area contributed by atoms with Crippen molar-refractivity contribution < 1.29 is 4.42 Å². The first kappa shape index (κ1) is 33.5. The highest BCUT2D eigenvalue weighted by Crippen LogP contribution is 2.35. The summed E-state index contributed by atoms with van der Waals surface area (Å²) in [5, 5.41) is 11.5. The van der Waals surface area contributed by atoms with Gasteiger partial charge in [0.2, 0.25) is 0 Å². The van der Waals surface area contributed by atoms with Crippen LogP contribution in [0.1, 0.15) is 5.56 Å². The minimum atomic E-state index is 0.537. The molecular weight excluding hydrogens is 701 g/mol. The standard InChI is InChI=1S/C50H30N6O/c51-31-32-18-20-37(21-19-32)49-54-48(36-12-5-2-6-13-36)55-50(56-49)40-15-9-14-38(28-40)33-22-24-34(25-23-33)43-30-44(53-47(52-43)35-10-3-1-4-11-35)39-26-27-46-42(29-39)41-16-7-8-17-45(41)57-46/h1-30H. The Kier molecular flexibility index (Phi) is 8.40. The molecule has 0 bridgehead atoms. The van der Waals surface area contributed by atoms with Gasteiger partial charge in [0.05, 0.1) is 23.0 Å². The maximum atomic E-state index is 9.34. The molecule has 57 heavy (non-hydrogen) atoms. The van der Waals surface area contributed by atoms with E-state index in [1.165, 1.54) is 0 Å². The lowest BCUT2D eigenvalue weighted by Crippen LogP contribution is -2.00. The molecule has 7 nitrogen and oxygen atoms in total. The van der Waals surface area contributed by atoms with Crippen LogP contribution in [0.15, 0.2) is 186 Å². The first-order chi connectivity index (χ1) is 28.1. The lowest BCUT2D eigenvalue weighted by atomic mass is 9.99. The van der Waals surface area contributed by atoms with Crippen LogP contribution >= 0.6 is 0 Å². The quantitative estimate of drug-likeness (QED) is 0.161. The predicted molar refractivity (Wildman–Crippen MR) is 225 cm³/mol. The Morgan fingerprint density at radius 1 is 0.333 bits per heavy atom. The summed E-state index contributed by atoms with van der Waals surface area (Å²) in [6, 6.07) is 62.5. The van der Waals surface area contributed by atoms with Crippen molar-refractivity contribution >= 4 is 21.9 Å². The van der Waals surface area contributed by atoms with Crippen LogP contribution in [-0.4, -0.2) is 24.9 Å². The van der Waals surface area contributed by atoms with Gasteiger partial charge in [0, 0.05) is 44.2 Å². The van der Waals surface area contributed by atoms with Gasteiger partial charge in [-0.3, -0.25) is 0 Å². The van der Waals surface area contributed by atoms with E-state index in [0.29, 0.717) is 28.9 Å². The maximum Gasteiger partial charge on any atom is 0.164 e. The molecule has 7 aromatic carbocycles. The number of benzene rings is 7. The van der Waals surface area contributed by atoms with E-state index in [2.05, 4.69) is 66.7 Å². The van der Waals surface area contributed by atoms with E-state index in [0.717, 1.165) is 77.8 Å². The molecule has 10 rings (SSSR count). The zero-order valence-corrected chi connectivity index (χ0v) is 30.4. The molecule has 0 saturated carbocycles. The van der Waals surface area contributed by atoms with Gasteiger partial charge in [0.15, 0.2) is 23.3 Å². The molecule has 266 valence electrons. The minimum Gasteiger partial charge on any atom is -0.456 e. The summed E-state index contributed by atoms with van der Waals surface area (Å²) in [5.41, 5.74) is 11.5. The number of hydrogen-bond donors (Lipinski definition) is 0. The van der Waals surface area contributed by atoms with E-state index in [-0.39, 0.29) is 0 Å². The predicted octanol–water partition coefficient (Wildman–Crippen LogP) is 12.1. The van der Waals surface area contributed by atoms with E-state index in [1.54, 1.807) is 12.1 Å². The highest BCUT2D eigenvalue weighted by molar-refractivity contribution is 6.06. The normalized spacial score (nSPS) is 11.1. The van der Waals surface area contributed by atoms with Crippen LogP contribution in [0.3, 0.4) is 0 Å². The van der Waals surface area contributed by atoms with Crippen LogP contribution in [0.5, 0.6) is 0 Å². The fourth-order valence-electron chi connectivity index (χ4n) is 7.06. The third-order valence-electron chi connectivity index (χ3n) is 10.0. The average molecular weight is 731 g/mol. The highest BCUT2D eigenvalue weighted by Gasteiger charge is 2.16. The van der Waals surface area contributed by atoms with Crippen molar-refractivity contribution in [2.24, 2.45) is 0 Å². The first-order valence-corrected chi connectivity index (χ1v) is 18.5. The number of para-hydroxylation sites is 1. The third-order valence-corrected chi connectivity index (χ3v) is 10.0. The van der Waals surface area contributed by atoms with Crippen LogP contribution in [0.25, 0.3) is 101 Å². The van der Waals surface area contributed by atoms with Gasteiger partial charge in [-0.2, -0.15) is 5.26 Å². The second kappa shape index (κ2) is 14.3. The Bertz CT molecular complexity index is 3120. The molecule has 7 heteroatoms. The van der Waals surface area contributed by atoms with Gasteiger partial charge in [-0.05, 0) is 71.8 Å². The van der Waals surface area contributed by atoms with Crippen LogP contribution in [0, 0.1) is 11.3 Å². The Morgan fingerprint density at radius 2 is 0.825 bits per heavy atom. The smallest absolute Gasteiger partial charge is 0.164 e. The highest BCUT2D eigenvalue weighted by atomic mass is 16.3. The van der Waals surface area contributed by atoms with Crippen molar-refractivity contribution in [2.75, 3.05) is 0 Å². The number of fused-ring (bicyclic) bond motifs is 3. The van der Waals surface area contributed by atoms with E-state index in [9.17, 15) is 5.26 Å². The fourth-order valence-corrected chi connectivity index (χ4v) is 7.06. The number of nitriles is 1. The van der Waals surface area contributed by atoms with Crippen molar-refractivity contribution in [3.63, 3.8) is 0 Å². The molecule has 0 aliphatic heterocycles. The van der Waals surface area contributed by atoms with Crippen LogP contribution in [0.2, 0.25) is 0 Å². The van der Waals surface area contributed by atoms with Gasteiger partial charge >= 0.3 is 0 Å². The summed E-state index contributed by atoms with van der Waals surface area (Å²) in [7, 11) is 0. The molecule has 0 aliphatic rings. The summed E-state index contributed by atoms with van der Waals surface area (Å²) in [6.07, 6.45) is 0. The molecule has 0 amide bonds. The fraction of sp³-hybridized carbons (Fsp3) is 0. The summed E-state index contributed by atoms with van der Waals surface area (Å²) < 4.78 is 6.11. The zero-order chi connectivity index (χ0) is 38.1. The Hall–Kier alpha value is -8.08. The topological polar surface area (TPSA) is 101 Å². The van der Waals surface area contributed by atoms with Gasteiger partial charge in [0.1, 0.15) is 11.2 Å². The number of furan rings is 1. The Morgan fingerprint density at radius 3 is 1.51 bits per heavy atom. The Labute approximate surface area is 328 Å². The number of rotatable bonds is 7. The largest absolute Gasteiger partial charge is 0.456 e. The second-order valence-electron chi connectivity index (χ2n) is 13.7. The maximum absolute atomic E-state index is 9.34. The van der Waals surface area contributed by atoms with Crippen molar-refractivity contribution in [3.05, 3.63) is 188 Å². The monoisotopic (exact) mass is 730 g/mol. The molecule has 0 spiro atoms.